The van der Waals surface area contributed by atoms with E-state index in [0.717, 1.165) is 41.9 Å². The van der Waals surface area contributed by atoms with Crippen LogP contribution in [0, 0.1) is 12.8 Å². The SMILES string of the molecule is Cc1ccc(NC(=O)C2CCN(c3nnc(-n4cccc4)s3)CC2)cc1. The molecule has 1 aliphatic rings. The van der Waals surface area contributed by atoms with Gasteiger partial charge in [-0.15, -0.1) is 10.2 Å². The molecule has 1 aliphatic heterocycles. The van der Waals surface area contributed by atoms with Crippen LogP contribution in [0.2, 0.25) is 0 Å². The van der Waals surface area contributed by atoms with E-state index < -0.39 is 0 Å². The summed E-state index contributed by atoms with van der Waals surface area (Å²) >= 11 is 1.58. The molecule has 0 unspecified atom stereocenters. The summed E-state index contributed by atoms with van der Waals surface area (Å²) in [5.74, 6) is 0.156. The summed E-state index contributed by atoms with van der Waals surface area (Å²) in [6.07, 6.45) is 5.59. The summed E-state index contributed by atoms with van der Waals surface area (Å²) in [5, 5.41) is 13.4. The number of hydrogen-bond acceptors (Lipinski definition) is 5. The molecule has 0 aliphatic carbocycles. The lowest BCUT2D eigenvalue weighted by Gasteiger charge is -2.30. The van der Waals surface area contributed by atoms with Crippen LogP contribution in [0.5, 0.6) is 0 Å². The molecule has 7 heteroatoms. The number of amides is 1. The van der Waals surface area contributed by atoms with Gasteiger partial charge in [-0.25, -0.2) is 0 Å². The third-order valence-electron chi connectivity index (χ3n) is 4.68. The van der Waals surface area contributed by atoms with E-state index in [4.69, 9.17) is 0 Å². The van der Waals surface area contributed by atoms with Crippen molar-refractivity contribution in [3.8, 4) is 5.13 Å². The first-order valence-electron chi connectivity index (χ1n) is 8.78. The number of aryl methyl sites for hydroxylation is 1. The van der Waals surface area contributed by atoms with Gasteiger partial charge in [-0.05, 0) is 44.0 Å². The van der Waals surface area contributed by atoms with E-state index >= 15 is 0 Å². The number of rotatable bonds is 4. The number of carbonyl (C=O) groups is 1. The number of aromatic nitrogens is 3. The van der Waals surface area contributed by atoms with Gasteiger partial charge in [0.25, 0.3) is 0 Å². The number of carbonyl (C=O) groups excluding carboxylic acids is 1. The molecule has 0 bridgehead atoms. The van der Waals surface area contributed by atoms with Gasteiger partial charge in [-0.3, -0.25) is 9.36 Å². The molecule has 2 aromatic heterocycles. The highest BCUT2D eigenvalue weighted by Gasteiger charge is 2.26. The Bertz CT molecular complexity index is 864. The predicted octanol–water partition coefficient (Wildman–Crippen LogP) is 3.49. The minimum Gasteiger partial charge on any atom is -0.347 e. The molecule has 6 nitrogen and oxygen atoms in total. The fraction of sp³-hybridized carbons (Fsp3) is 0.316. The van der Waals surface area contributed by atoms with Crippen LogP contribution in [0.3, 0.4) is 0 Å². The summed E-state index contributed by atoms with van der Waals surface area (Å²) < 4.78 is 1.96. The molecule has 4 rings (SSSR count). The Morgan fingerprint density at radius 2 is 1.73 bits per heavy atom. The van der Waals surface area contributed by atoms with Crippen LogP contribution in [-0.4, -0.2) is 33.8 Å². The van der Waals surface area contributed by atoms with Crippen LogP contribution in [0.1, 0.15) is 18.4 Å². The first-order chi connectivity index (χ1) is 12.7. The van der Waals surface area contributed by atoms with E-state index in [-0.39, 0.29) is 11.8 Å². The normalized spacial score (nSPS) is 15.2. The maximum atomic E-state index is 12.5. The number of nitrogens with zero attached hydrogens (tertiary/aromatic N) is 4. The quantitative estimate of drug-likeness (QED) is 0.767. The van der Waals surface area contributed by atoms with Gasteiger partial charge < -0.3 is 10.2 Å². The smallest absolute Gasteiger partial charge is 0.227 e. The average Bonchev–Trinajstić information content (AvgIpc) is 3.35. The molecule has 26 heavy (non-hydrogen) atoms. The Labute approximate surface area is 156 Å². The van der Waals surface area contributed by atoms with E-state index in [9.17, 15) is 4.79 Å². The molecule has 1 aromatic carbocycles. The fourth-order valence-electron chi connectivity index (χ4n) is 3.12. The van der Waals surface area contributed by atoms with Crippen molar-refractivity contribution >= 4 is 28.1 Å². The number of nitrogens with one attached hydrogen (secondary N) is 1. The molecule has 0 saturated carbocycles. The molecular formula is C19H21N5OS. The molecule has 1 N–H and O–H groups in total. The van der Waals surface area contributed by atoms with Gasteiger partial charge in [0.2, 0.25) is 16.2 Å². The van der Waals surface area contributed by atoms with E-state index in [1.54, 1.807) is 11.3 Å². The van der Waals surface area contributed by atoms with Crippen LogP contribution in [-0.2, 0) is 4.79 Å². The van der Waals surface area contributed by atoms with Crippen molar-refractivity contribution < 1.29 is 4.79 Å². The molecule has 1 amide bonds. The average molecular weight is 367 g/mol. The zero-order chi connectivity index (χ0) is 17.9. The predicted molar refractivity (Wildman–Crippen MR) is 104 cm³/mol. The summed E-state index contributed by atoms with van der Waals surface area (Å²) in [7, 11) is 0. The summed E-state index contributed by atoms with van der Waals surface area (Å²) in [6, 6.07) is 11.9. The van der Waals surface area contributed by atoms with Gasteiger partial charge in [0, 0.05) is 37.1 Å². The van der Waals surface area contributed by atoms with Gasteiger partial charge in [0.1, 0.15) is 0 Å². The number of piperidine rings is 1. The largest absolute Gasteiger partial charge is 0.347 e. The fourth-order valence-corrected chi connectivity index (χ4v) is 3.98. The highest BCUT2D eigenvalue weighted by atomic mass is 32.1. The van der Waals surface area contributed by atoms with Crippen LogP contribution in [0.4, 0.5) is 10.8 Å². The Morgan fingerprint density at radius 3 is 2.42 bits per heavy atom. The minimum absolute atomic E-state index is 0.0457. The lowest BCUT2D eigenvalue weighted by Crippen LogP contribution is -2.38. The zero-order valence-electron chi connectivity index (χ0n) is 14.6. The van der Waals surface area contributed by atoms with Gasteiger partial charge >= 0.3 is 0 Å². The Kier molecular flexibility index (Phi) is 4.71. The topological polar surface area (TPSA) is 63.1 Å². The van der Waals surface area contributed by atoms with Crippen molar-refractivity contribution in [2.24, 2.45) is 5.92 Å². The van der Waals surface area contributed by atoms with Gasteiger partial charge in [-0.1, -0.05) is 29.0 Å². The number of hydrogen-bond donors (Lipinski definition) is 1. The first-order valence-corrected chi connectivity index (χ1v) is 9.60. The summed E-state index contributed by atoms with van der Waals surface area (Å²) in [5.41, 5.74) is 2.05. The molecule has 0 spiro atoms. The van der Waals surface area contributed by atoms with Crippen LogP contribution in [0.25, 0.3) is 5.13 Å². The second-order valence-corrected chi connectivity index (χ2v) is 7.51. The van der Waals surface area contributed by atoms with E-state index in [2.05, 4.69) is 20.4 Å². The Balaban J connectivity index is 1.33. The van der Waals surface area contributed by atoms with E-state index in [0.29, 0.717) is 0 Å². The van der Waals surface area contributed by atoms with Gasteiger partial charge in [0.05, 0.1) is 0 Å². The van der Waals surface area contributed by atoms with Crippen LogP contribution >= 0.6 is 11.3 Å². The van der Waals surface area contributed by atoms with Crippen LogP contribution in [0.15, 0.2) is 48.8 Å². The molecule has 3 aromatic rings. The second kappa shape index (κ2) is 7.29. The van der Waals surface area contributed by atoms with E-state index in [1.807, 2.05) is 60.3 Å². The maximum absolute atomic E-state index is 12.5. The van der Waals surface area contributed by atoms with Crippen molar-refractivity contribution in [1.29, 1.82) is 0 Å². The first kappa shape index (κ1) is 16.8. The number of benzene rings is 1. The van der Waals surface area contributed by atoms with Crippen molar-refractivity contribution in [2.75, 3.05) is 23.3 Å². The molecule has 134 valence electrons. The highest BCUT2D eigenvalue weighted by molar-refractivity contribution is 7.17. The third-order valence-corrected chi connectivity index (χ3v) is 5.68. The second-order valence-electron chi connectivity index (χ2n) is 6.57. The molecule has 1 saturated heterocycles. The van der Waals surface area contributed by atoms with Crippen molar-refractivity contribution in [3.05, 3.63) is 54.4 Å². The lowest BCUT2D eigenvalue weighted by atomic mass is 9.96. The monoisotopic (exact) mass is 367 g/mol. The lowest BCUT2D eigenvalue weighted by molar-refractivity contribution is -0.120. The van der Waals surface area contributed by atoms with Gasteiger partial charge in [-0.2, -0.15) is 0 Å². The Hall–Kier alpha value is -2.67. The molecule has 1 fully saturated rings. The minimum atomic E-state index is 0.0457. The van der Waals surface area contributed by atoms with Crippen LogP contribution < -0.4 is 10.2 Å². The zero-order valence-corrected chi connectivity index (χ0v) is 15.4. The standard InChI is InChI=1S/C19H21N5OS/c1-14-4-6-16(7-5-14)20-17(25)15-8-12-24(13-9-15)19-22-21-18(26-19)23-10-2-3-11-23/h2-7,10-11,15H,8-9,12-13H2,1H3,(H,20,25). The molecule has 3 heterocycles. The summed E-state index contributed by atoms with van der Waals surface area (Å²) in [4.78, 5) is 14.7. The summed E-state index contributed by atoms with van der Waals surface area (Å²) in [6.45, 7) is 3.69. The molecule has 0 radical (unpaired) electrons. The number of anilines is 2. The Morgan fingerprint density at radius 1 is 1.08 bits per heavy atom. The third kappa shape index (κ3) is 3.62. The van der Waals surface area contributed by atoms with Crippen molar-refractivity contribution in [1.82, 2.24) is 14.8 Å². The van der Waals surface area contributed by atoms with Crippen molar-refractivity contribution in [3.63, 3.8) is 0 Å². The van der Waals surface area contributed by atoms with Crippen molar-refractivity contribution in [2.45, 2.75) is 19.8 Å². The highest BCUT2D eigenvalue weighted by Crippen LogP contribution is 2.28. The molecule has 0 atom stereocenters. The maximum Gasteiger partial charge on any atom is 0.227 e. The van der Waals surface area contributed by atoms with E-state index in [1.165, 1.54) is 5.56 Å². The van der Waals surface area contributed by atoms with Gasteiger partial charge in [0.15, 0.2) is 0 Å². The molecular weight excluding hydrogens is 346 g/mol.